The summed E-state index contributed by atoms with van der Waals surface area (Å²) >= 11 is 0. The molecular formula is C24H29N3O4. The molecule has 1 aliphatic heterocycles. The lowest BCUT2D eigenvalue weighted by Crippen LogP contribution is -2.46. The van der Waals surface area contributed by atoms with Gasteiger partial charge in [0.05, 0.1) is 12.2 Å². The van der Waals surface area contributed by atoms with Crippen molar-refractivity contribution in [2.24, 2.45) is 0 Å². The van der Waals surface area contributed by atoms with Gasteiger partial charge >= 0.3 is 0 Å². The van der Waals surface area contributed by atoms with Crippen LogP contribution >= 0.6 is 0 Å². The predicted molar refractivity (Wildman–Crippen MR) is 120 cm³/mol. The van der Waals surface area contributed by atoms with Gasteiger partial charge in [-0.15, -0.1) is 0 Å². The number of aryl methyl sites for hydroxylation is 3. The number of carbonyl (C=O) groups is 3. The zero-order valence-electron chi connectivity index (χ0n) is 18.7. The van der Waals surface area contributed by atoms with E-state index in [9.17, 15) is 14.4 Å². The average molecular weight is 424 g/mol. The van der Waals surface area contributed by atoms with Crippen LogP contribution in [0.3, 0.4) is 0 Å². The highest BCUT2D eigenvalue weighted by molar-refractivity contribution is 6.00. The fourth-order valence-corrected chi connectivity index (χ4v) is 3.85. The van der Waals surface area contributed by atoms with Gasteiger partial charge in [0, 0.05) is 25.7 Å². The molecular weight excluding hydrogens is 394 g/mol. The van der Waals surface area contributed by atoms with Gasteiger partial charge in [-0.1, -0.05) is 29.8 Å². The highest BCUT2D eigenvalue weighted by atomic mass is 16.5. The third-order valence-corrected chi connectivity index (χ3v) is 5.37. The van der Waals surface area contributed by atoms with E-state index in [1.54, 1.807) is 31.0 Å². The first-order chi connectivity index (χ1) is 14.7. The molecule has 0 radical (unpaired) electrons. The lowest BCUT2D eigenvalue weighted by atomic mass is 10.1. The Hall–Kier alpha value is -3.35. The van der Waals surface area contributed by atoms with Gasteiger partial charge < -0.3 is 19.9 Å². The number of nitrogens with one attached hydrogen (secondary N) is 1. The van der Waals surface area contributed by atoms with E-state index in [1.807, 2.05) is 45.0 Å². The molecule has 2 aromatic carbocycles. The summed E-state index contributed by atoms with van der Waals surface area (Å²) in [5, 5.41) is 2.91. The second-order valence-corrected chi connectivity index (χ2v) is 8.04. The Kier molecular flexibility index (Phi) is 6.63. The molecule has 31 heavy (non-hydrogen) atoms. The molecule has 0 aromatic heterocycles. The number of carbonyl (C=O) groups excluding carboxylic acids is 3. The van der Waals surface area contributed by atoms with Gasteiger partial charge in [0.15, 0.2) is 6.10 Å². The minimum atomic E-state index is -0.602. The van der Waals surface area contributed by atoms with E-state index >= 15 is 0 Å². The summed E-state index contributed by atoms with van der Waals surface area (Å²) in [7, 11) is 1.59. The molecule has 0 saturated heterocycles. The zero-order valence-corrected chi connectivity index (χ0v) is 18.7. The molecule has 3 amide bonds. The summed E-state index contributed by atoms with van der Waals surface area (Å²) in [6, 6.07) is 11.3. The highest BCUT2D eigenvalue weighted by Crippen LogP contribution is 2.33. The third kappa shape index (κ3) is 5.05. The molecule has 0 fully saturated rings. The van der Waals surface area contributed by atoms with E-state index in [2.05, 4.69) is 5.32 Å². The van der Waals surface area contributed by atoms with Crippen molar-refractivity contribution in [2.45, 2.75) is 40.2 Å². The Labute approximate surface area is 183 Å². The SMILES string of the molecule is Cc1cc(C)c(NC(=O)CN(C)C(=O)CCN2C(=O)[C@H](C)Oc3ccccc32)c(C)c1. The van der Waals surface area contributed by atoms with Crippen LogP contribution in [0, 0.1) is 20.8 Å². The summed E-state index contributed by atoms with van der Waals surface area (Å²) in [5.41, 5.74) is 4.54. The number of hydrogen-bond donors (Lipinski definition) is 1. The molecule has 0 saturated carbocycles. The average Bonchev–Trinajstić information content (AvgIpc) is 2.70. The van der Waals surface area contributed by atoms with Crippen molar-refractivity contribution in [2.75, 3.05) is 30.4 Å². The number of ether oxygens (including phenoxy) is 1. The van der Waals surface area contributed by atoms with Crippen LogP contribution in [0.25, 0.3) is 0 Å². The number of nitrogens with zero attached hydrogens (tertiary/aromatic N) is 2. The van der Waals surface area contributed by atoms with E-state index in [0.717, 1.165) is 22.4 Å². The molecule has 3 rings (SSSR count). The maximum atomic E-state index is 12.6. The molecule has 0 unspecified atom stereocenters. The molecule has 1 heterocycles. The smallest absolute Gasteiger partial charge is 0.267 e. The normalized spacial score (nSPS) is 15.2. The van der Waals surface area contributed by atoms with Crippen LogP contribution in [0.2, 0.25) is 0 Å². The van der Waals surface area contributed by atoms with Crippen LogP contribution in [-0.4, -0.2) is 48.9 Å². The molecule has 2 aromatic rings. The number of anilines is 2. The highest BCUT2D eigenvalue weighted by Gasteiger charge is 2.31. The summed E-state index contributed by atoms with van der Waals surface area (Å²) < 4.78 is 5.62. The van der Waals surface area contributed by atoms with Gasteiger partial charge in [-0.05, 0) is 51.0 Å². The maximum Gasteiger partial charge on any atom is 0.267 e. The van der Waals surface area contributed by atoms with E-state index in [0.29, 0.717) is 11.4 Å². The molecule has 0 spiro atoms. The summed E-state index contributed by atoms with van der Waals surface area (Å²) in [5.74, 6) is -0.0277. The number of likely N-dealkylation sites (N-methyl/N-ethyl adjacent to an activating group) is 1. The molecule has 1 N–H and O–H groups in total. The number of rotatable bonds is 6. The first-order valence-electron chi connectivity index (χ1n) is 10.4. The Bertz CT molecular complexity index is 995. The van der Waals surface area contributed by atoms with Crippen LogP contribution < -0.4 is 15.0 Å². The van der Waals surface area contributed by atoms with Gasteiger partial charge in [0.1, 0.15) is 5.75 Å². The van der Waals surface area contributed by atoms with Crippen molar-refractivity contribution in [1.82, 2.24) is 4.90 Å². The van der Waals surface area contributed by atoms with Crippen molar-refractivity contribution in [1.29, 1.82) is 0 Å². The minimum absolute atomic E-state index is 0.0599. The van der Waals surface area contributed by atoms with Crippen molar-refractivity contribution in [3.8, 4) is 5.75 Å². The maximum absolute atomic E-state index is 12.6. The largest absolute Gasteiger partial charge is 0.479 e. The quantitative estimate of drug-likeness (QED) is 0.774. The number of amides is 3. The summed E-state index contributed by atoms with van der Waals surface area (Å²) in [6.07, 6.45) is -0.492. The van der Waals surface area contributed by atoms with E-state index < -0.39 is 6.10 Å². The molecule has 1 aliphatic rings. The summed E-state index contributed by atoms with van der Waals surface area (Å²) in [6.45, 7) is 7.76. The fraction of sp³-hybridized carbons (Fsp3) is 0.375. The van der Waals surface area contributed by atoms with E-state index in [-0.39, 0.29) is 37.2 Å². The second-order valence-electron chi connectivity index (χ2n) is 8.04. The van der Waals surface area contributed by atoms with Gasteiger partial charge in [-0.25, -0.2) is 0 Å². The van der Waals surface area contributed by atoms with Crippen molar-refractivity contribution < 1.29 is 19.1 Å². The minimum Gasteiger partial charge on any atom is -0.479 e. The predicted octanol–water partition coefficient (Wildman–Crippen LogP) is 3.21. The lowest BCUT2D eigenvalue weighted by Gasteiger charge is -2.33. The molecule has 1 atom stereocenters. The first-order valence-corrected chi connectivity index (χ1v) is 10.4. The molecule has 7 heteroatoms. The Balaban J connectivity index is 1.59. The molecule has 0 bridgehead atoms. The van der Waals surface area contributed by atoms with Gasteiger partial charge in [0.25, 0.3) is 5.91 Å². The van der Waals surface area contributed by atoms with Crippen LogP contribution in [0.1, 0.15) is 30.0 Å². The third-order valence-electron chi connectivity index (χ3n) is 5.37. The van der Waals surface area contributed by atoms with Gasteiger partial charge in [0.2, 0.25) is 11.8 Å². The van der Waals surface area contributed by atoms with E-state index in [4.69, 9.17) is 4.74 Å². The fourth-order valence-electron chi connectivity index (χ4n) is 3.85. The molecule has 0 aliphatic carbocycles. The molecule has 164 valence electrons. The Morgan fingerprint density at radius 2 is 1.77 bits per heavy atom. The van der Waals surface area contributed by atoms with Crippen LogP contribution in [0.15, 0.2) is 36.4 Å². The Morgan fingerprint density at radius 3 is 2.45 bits per heavy atom. The number of hydrogen-bond acceptors (Lipinski definition) is 4. The summed E-state index contributed by atoms with van der Waals surface area (Å²) in [4.78, 5) is 40.6. The first kappa shape index (κ1) is 22.3. The molecule has 7 nitrogen and oxygen atoms in total. The van der Waals surface area contributed by atoms with Crippen LogP contribution in [-0.2, 0) is 14.4 Å². The second kappa shape index (κ2) is 9.20. The van der Waals surface area contributed by atoms with E-state index in [1.165, 1.54) is 4.90 Å². The standard InChI is InChI=1S/C24H29N3O4/c1-15-12-16(2)23(17(3)13-15)25-21(28)14-26(5)22(29)10-11-27-19-8-6-7-9-20(19)31-18(4)24(27)30/h6-9,12-13,18H,10-11,14H2,1-5H3,(H,25,28)/t18-/m0/s1. The topological polar surface area (TPSA) is 79.0 Å². The van der Waals surface area contributed by atoms with Crippen molar-refractivity contribution in [3.63, 3.8) is 0 Å². The van der Waals surface area contributed by atoms with Gasteiger partial charge in [-0.3, -0.25) is 14.4 Å². The monoisotopic (exact) mass is 423 g/mol. The van der Waals surface area contributed by atoms with Crippen LogP contribution in [0.4, 0.5) is 11.4 Å². The lowest BCUT2D eigenvalue weighted by molar-refractivity contribution is -0.133. The Morgan fingerprint density at radius 1 is 1.13 bits per heavy atom. The van der Waals surface area contributed by atoms with Crippen molar-refractivity contribution >= 4 is 29.1 Å². The number of para-hydroxylation sites is 2. The number of benzene rings is 2. The van der Waals surface area contributed by atoms with Crippen LogP contribution in [0.5, 0.6) is 5.75 Å². The van der Waals surface area contributed by atoms with Gasteiger partial charge in [-0.2, -0.15) is 0 Å². The zero-order chi connectivity index (χ0) is 22.7. The number of fused-ring (bicyclic) bond motifs is 1. The van der Waals surface area contributed by atoms with Crippen molar-refractivity contribution in [3.05, 3.63) is 53.1 Å².